The minimum atomic E-state index is -0.449. The summed E-state index contributed by atoms with van der Waals surface area (Å²) in [6, 6.07) is 8.24. The summed E-state index contributed by atoms with van der Waals surface area (Å²) >= 11 is 1.41. The predicted molar refractivity (Wildman–Crippen MR) is 100 cm³/mol. The molecule has 1 N–H and O–H groups in total. The number of halogens is 1. The number of rotatable bonds is 5. The van der Waals surface area contributed by atoms with Crippen molar-refractivity contribution in [3.63, 3.8) is 0 Å². The van der Waals surface area contributed by atoms with Crippen molar-refractivity contribution in [3.8, 4) is 16.5 Å². The van der Waals surface area contributed by atoms with Gasteiger partial charge in [-0.2, -0.15) is 0 Å². The summed E-state index contributed by atoms with van der Waals surface area (Å²) in [5.41, 5.74) is 1.39. The highest BCUT2D eigenvalue weighted by Gasteiger charge is 2.12. The zero-order valence-corrected chi connectivity index (χ0v) is 15.2. The van der Waals surface area contributed by atoms with E-state index in [9.17, 15) is 9.18 Å². The van der Waals surface area contributed by atoms with Crippen LogP contribution < -0.4 is 5.32 Å². The third kappa shape index (κ3) is 3.80. The lowest BCUT2D eigenvalue weighted by Gasteiger charge is -2.08. The lowest BCUT2D eigenvalue weighted by molar-refractivity contribution is -0.115. The van der Waals surface area contributed by atoms with Crippen LogP contribution >= 0.6 is 11.3 Å². The fourth-order valence-electron chi connectivity index (χ4n) is 2.62. The van der Waals surface area contributed by atoms with Gasteiger partial charge in [-0.15, -0.1) is 11.3 Å². The highest BCUT2D eigenvalue weighted by Crippen LogP contribution is 2.26. The summed E-state index contributed by atoms with van der Waals surface area (Å²) in [6.07, 6.45) is 4.83. The Hall–Kier alpha value is -3.26. The molecule has 27 heavy (non-hydrogen) atoms. The molecule has 0 spiro atoms. The number of carbonyl (C=O) groups excluding carboxylic acids is 1. The van der Waals surface area contributed by atoms with Gasteiger partial charge >= 0.3 is 0 Å². The van der Waals surface area contributed by atoms with Crippen LogP contribution in [0.15, 0.2) is 58.9 Å². The Bertz CT molecular complexity index is 1090. The molecule has 3 heterocycles. The van der Waals surface area contributed by atoms with Crippen molar-refractivity contribution in [2.75, 3.05) is 5.32 Å². The first kappa shape index (κ1) is 17.2. The van der Waals surface area contributed by atoms with E-state index < -0.39 is 5.82 Å². The van der Waals surface area contributed by atoms with Crippen LogP contribution in [-0.2, 0) is 11.2 Å². The van der Waals surface area contributed by atoms with Gasteiger partial charge in [-0.1, -0.05) is 0 Å². The molecule has 0 aliphatic heterocycles. The molecular weight excluding hydrogens is 367 g/mol. The highest BCUT2D eigenvalue weighted by molar-refractivity contribution is 7.13. The van der Waals surface area contributed by atoms with E-state index in [1.165, 1.54) is 23.7 Å². The number of carbonyl (C=O) groups is 1. The summed E-state index contributed by atoms with van der Waals surface area (Å²) in [4.78, 5) is 20.6. The topological polar surface area (TPSA) is 73.0 Å². The second kappa shape index (κ2) is 7.16. The fourth-order valence-corrected chi connectivity index (χ4v) is 3.40. The van der Waals surface area contributed by atoms with Gasteiger partial charge < -0.3 is 14.3 Å². The van der Waals surface area contributed by atoms with Crippen LogP contribution in [0.2, 0.25) is 0 Å². The smallest absolute Gasteiger partial charge is 0.230 e. The Morgan fingerprint density at radius 1 is 1.33 bits per heavy atom. The first-order valence-corrected chi connectivity index (χ1v) is 9.05. The second-order valence-corrected chi connectivity index (χ2v) is 6.77. The number of amides is 1. The molecular formula is C19H15FN4O2S. The van der Waals surface area contributed by atoms with Crippen LogP contribution in [0.1, 0.15) is 11.5 Å². The maximum absolute atomic E-state index is 14.3. The molecule has 0 fully saturated rings. The highest BCUT2D eigenvalue weighted by atomic mass is 32.1. The number of furan rings is 1. The first-order chi connectivity index (χ1) is 13.1. The van der Waals surface area contributed by atoms with Gasteiger partial charge in [0.2, 0.25) is 5.91 Å². The maximum Gasteiger partial charge on any atom is 0.230 e. The molecule has 0 saturated carbocycles. The van der Waals surface area contributed by atoms with Gasteiger partial charge in [0.05, 0.1) is 24.1 Å². The summed E-state index contributed by atoms with van der Waals surface area (Å²) < 4.78 is 21.4. The molecule has 0 saturated heterocycles. The molecule has 0 aliphatic rings. The number of nitrogens with zero attached hydrogens (tertiary/aromatic N) is 3. The van der Waals surface area contributed by atoms with Gasteiger partial charge in [-0.05, 0) is 37.3 Å². The largest absolute Gasteiger partial charge is 0.459 e. The normalized spacial score (nSPS) is 10.9. The van der Waals surface area contributed by atoms with Gasteiger partial charge in [0.1, 0.15) is 11.6 Å². The van der Waals surface area contributed by atoms with E-state index >= 15 is 0 Å². The Morgan fingerprint density at radius 2 is 2.22 bits per heavy atom. The second-order valence-electron chi connectivity index (χ2n) is 5.92. The SMILES string of the molecule is Cc1ccc(-c2nc(CC(=O)Nc3ccc(-n4ccnc4)c(F)c3)cs2)o1. The van der Waals surface area contributed by atoms with E-state index in [0.717, 1.165) is 10.8 Å². The van der Waals surface area contributed by atoms with E-state index in [2.05, 4.69) is 15.3 Å². The monoisotopic (exact) mass is 382 g/mol. The van der Waals surface area contributed by atoms with Gasteiger partial charge in [-0.3, -0.25) is 4.79 Å². The van der Waals surface area contributed by atoms with E-state index in [1.54, 1.807) is 29.1 Å². The van der Waals surface area contributed by atoms with Crippen molar-refractivity contribution in [2.45, 2.75) is 13.3 Å². The standard InChI is InChI=1S/C19H15FN4O2S/c1-12-2-5-17(26-12)19-23-14(10-27-19)9-18(25)22-13-3-4-16(15(20)8-13)24-7-6-21-11-24/h2-8,10-11H,9H2,1H3,(H,22,25). The summed E-state index contributed by atoms with van der Waals surface area (Å²) in [7, 11) is 0. The lowest BCUT2D eigenvalue weighted by atomic mass is 10.2. The zero-order valence-electron chi connectivity index (χ0n) is 14.3. The van der Waals surface area contributed by atoms with Crippen molar-refractivity contribution < 1.29 is 13.6 Å². The number of aromatic nitrogens is 3. The summed E-state index contributed by atoms with van der Waals surface area (Å²) in [5.74, 6) is 0.772. The Labute approximate surface area is 158 Å². The minimum Gasteiger partial charge on any atom is -0.459 e. The molecule has 4 rings (SSSR count). The average Bonchev–Trinajstić information content (AvgIpc) is 3.36. The number of anilines is 1. The van der Waals surface area contributed by atoms with Gasteiger partial charge in [0, 0.05) is 23.5 Å². The van der Waals surface area contributed by atoms with Crippen LogP contribution in [0, 0.1) is 12.7 Å². The average molecular weight is 382 g/mol. The molecule has 1 amide bonds. The van der Waals surface area contributed by atoms with Gasteiger partial charge in [0.15, 0.2) is 10.8 Å². The van der Waals surface area contributed by atoms with Gasteiger partial charge in [0.25, 0.3) is 0 Å². The Balaban J connectivity index is 1.42. The third-order valence-electron chi connectivity index (χ3n) is 3.86. The number of thiazole rings is 1. The van der Waals surface area contributed by atoms with Crippen molar-refractivity contribution in [2.24, 2.45) is 0 Å². The van der Waals surface area contributed by atoms with E-state index in [-0.39, 0.29) is 12.3 Å². The molecule has 0 aliphatic carbocycles. The first-order valence-electron chi connectivity index (χ1n) is 8.17. The maximum atomic E-state index is 14.3. The van der Waals surface area contributed by atoms with E-state index in [4.69, 9.17) is 4.42 Å². The number of nitrogens with one attached hydrogen (secondary N) is 1. The quantitative estimate of drug-likeness (QED) is 0.561. The van der Waals surface area contributed by atoms with Crippen LogP contribution in [0.3, 0.4) is 0 Å². The van der Waals surface area contributed by atoms with Crippen LogP contribution in [-0.4, -0.2) is 20.4 Å². The number of aryl methyl sites for hydroxylation is 1. The minimum absolute atomic E-state index is 0.0983. The molecule has 0 radical (unpaired) electrons. The van der Waals surface area contributed by atoms with Crippen molar-refractivity contribution in [1.29, 1.82) is 0 Å². The zero-order chi connectivity index (χ0) is 18.8. The molecule has 6 nitrogen and oxygen atoms in total. The van der Waals surface area contributed by atoms with Crippen molar-refractivity contribution in [1.82, 2.24) is 14.5 Å². The number of hydrogen-bond donors (Lipinski definition) is 1. The van der Waals surface area contributed by atoms with Crippen LogP contribution in [0.25, 0.3) is 16.5 Å². The predicted octanol–water partition coefficient (Wildman–Crippen LogP) is 4.22. The molecule has 1 aromatic carbocycles. The van der Waals surface area contributed by atoms with Crippen molar-refractivity contribution >= 4 is 22.9 Å². The van der Waals surface area contributed by atoms with E-state index in [1.807, 2.05) is 24.4 Å². The molecule has 0 unspecified atom stereocenters. The van der Waals surface area contributed by atoms with Crippen LogP contribution in [0.4, 0.5) is 10.1 Å². The molecule has 0 atom stereocenters. The van der Waals surface area contributed by atoms with Gasteiger partial charge in [-0.25, -0.2) is 14.4 Å². The fraction of sp³-hybridized carbons (Fsp3) is 0.105. The molecule has 8 heteroatoms. The Morgan fingerprint density at radius 3 is 2.93 bits per heavy atom. The molecule has 0 bridgehead atoms. The number of imidazole rings is 1. The Kier molecular flexibility index (Phi) is 4.55. The summed E-state index contributed by atoms with van der Waals surface area (Å²) in [5, 5.41) is 5.23. The van der Waals surface area contributed by atoms with Crippen molar-refractivity contribution in [3.05, 3.63) is 71.7 Å². The number of hydrogen-bond acceptors (Lipinski definition) is 5. The number of benzene rings is 1. The van der Waals surface area contributed by atoms with Crippen LogP contribution in [0.5, 0.6) is 0 Å². The van der Waals surface area contributed by atoms with E-state index in [0.29, 0.717) is 22.8 Å². The molecule has 4 aromatic rings. The molecule has 136 valence electrons. The third-order valence-corrected chi connectivity index (χ3v) is 4.76. The summed E-state index contributed by atoms with van der Waals surface area (Å²) in [6.45, 7) is 1.86. The lowest BCUT2D eigenvalue weighted by Crippen LogP contribution is -2.15. The molecule has 3 aromatic heterocycles.